The largest absolute Gasteiger partial charge is 0.364 e. The lowest BCUT2D eigenvalue weighted by Crippen LogP contribution is -2.37. The third-order valence-electron chi connectivity index (χ3n) is 6.20. The first-order chi connectivity index (χ1) is 15.6. The molecule has 1 fully saturated rings. The zero-order valence-corrected chi connectivity index (χ0v) is 18.4. The molecule has 5 rings (SSSR count). The predicted octanol–water partition coefficient (Wildman–Crippen LogP) is 5.43. The van der Waals surface area contributed by atoms with E-state index in [0.29, 0.717) is 11.7 Å². The lowest BCUT2D eigenvalue weighted by Gasteiger charge is -2.30. The Morgan fingerprint density at radius 1 is 1.00 bits per heavy atom. The Kier molecular flexibility index (Phi) is 5.34. The SMILES string of the molecule is [C-]#[N+]c1ccc(-c2nc(NC3CCN(C)CC3)c3nccn3c2-c2ccc(C)cc2)cc1. The van der Waals surface area contributed by atoms with Crippen LogP contribution in [0.1, 0.15) is 18.4 Å². The molecule has 0 radical (unpaired) electrons. The fourth-order valence-electron chi connectivity index (χ4n) is 4.31. The third-order valence-corrected chi connectivity index (χ3v) is 6.20. The molecular weight excluding hydrogens is 396 g/mol. The highest BCUT2D eigenvalue weighted by molar-refractivity contribution is 5.84. The molecule has 32 heavy (non-hydrogen) atoms. The van der Waals surface area contributed by atoms with E-state index in [4.69, 9.17) is 11.6 Å². The van der Waals surface area contributed by atoms with Gasteiger partial charge in [-0.3, -0.25) is 4.40 Å². The number of nitrogens with zero attached hydrogens (tertiary/aromatic N) is 5. The summed E-state index contributed by atoms with van der Waals surface area (Å²) in [5.41, 5.74) is 6.62. The Labute approximate surface area is 188 Å². The lowest BCUT2D eigenvalue weighted by molar-refractivity contribution is 0.263. The number of fused-ring (bicyclic) bond motifs is 1. The molecule has 1 aliphatic heterocycles. The van der Waals surface area contributed by atoms with Crippen LogP contribution < -0.4 is 5.32 Å². The van der Waals surface area contributed by atoms with Gasteiger partial charge in [0.15, 0.2) is 17.2 Å². The highest BCUT2D eigenvalue weighted by Gasteiger charge is 2.22. The first-order valence-electron chi connectivity index (χ1n) is 11.0. The third kappa shape index (κ3) is 3.83. The standard InChI is InChI=1S/C26H26N6/c1-18-4-6-20(7-5-18)24-23(19-8-10-21(27-2)11-9-19)30-25(26-28-14-17-32(24)26)29-22-12-15-31(3)16-13-22/h4-11,14,17,22H,12-13,15-16H2,1,3H3,(H,29,30). The fraction of sp³-hybridized carbons (Fsp3) is 0.269. The van der Waals surface area contributed by atoms with E-state index in [1.54, 1.807) is 0 Å². The van der Waals surface area contributed by atoms with Crippen LogP contribution in [-0.2, 0) is 0 Å². The second-order valence-corrected chi connectivity index (χ2v) is 8.53. The predicted molar refractivity (Wildman–Crippen MR) is 129 cm³/mol. The van der Waals surface area contributed by atoms with Gasteiger partial charge < -0.3 is 10.2 Å². The first-order valence-corrected chi connectivity index (χ1v) is 11.0. The maximum atomic E-state index is 7.28. The van der Waals surface area contributed by atoms with Crippen molar-refractivity contribution in [3.05, 3.63) is 77.9 Å². The van der Waals surface area contributed by atoms with Crippen molar-refractivity contribution in [1.82, 2.24) is 19.3 Å². The van der Waals surface area contributed by atoms with Gasteiger partial charge in [-0.1, -0.05) is 54.1 Å². The zero-order chi connectivity index (χ0) is 22.1. The Morgan fingerprint density at radius 2 is 1.69 bits per heavy atom. The van der Waals surface area contributed by atoms with Crippen molar-refractivity contribution in [3.63, 3.8) is 0 Å². The van der Waals surface area contributed by atoms with Crippen LogP contribution in [0.15, 0.2) is 60.9 Å². The molecule has 0 aliphatic carbocycles. The van der Waals surface area contributed by atoms with Crippen LogP contribution in [0.3, 0.4) is 0 Å². The van der Waals surface area contributed by atoms with Crippen molar-refractivity contribution in [2.45, 2.75) is 25.8 Å². The molecule has 0 saturated carbocycles. The van der Waals surface area contributed by atoms with Crippen molar-refractivity contribution in [3.8, 4) is 22.5 Å². The maximum Gasteiger partial charge on any atom is 0.187 e. The molecule has 2 aromatic heterocycles. The molecule has 0 atom stereocenters. The molecule has 0 amide bonds. The Morgan fingerprint density at radius 3 is 2.38 bits per heavy atom. The average Bonchev–Trinajstić information content (AvgIpc) is 3.31. The number of hydrogen-bond donors (Lipinski definition) is 1. The monoisotopic (exact) mass is 422 g/mol. The summed E-state index contributed by atoms with van der Waals surface area (Å²) in [5.74, 6) is 0.810. The zero-order valence-electron chi connectivity index (χ0n) is 18.4. The van der Waals surface area contributed by atoms with E-state index in [-0.39, 0.29) is 0 Å². The van der Waals surface area contributed by atoms with E-state index in [2.05, 4.69) is 62.7 Å². The summed E-state index contributed by atoms with van der Waals surface area (Å²) in [6, 6.07) is 16.5. The van der Waals surface area contributed by atoms with Crippen LogP contribution in [0.5, 0.6) is 0 Å². The summed E-state index contributed by atoms with van der Waals surface area (Å²) in [7, 11) is 2.17. The van der Waals surface area contributed by atoms with E-state index in [1.807, 2.05) is 36.7 Å². The van der Waals surface area contributed by atoms with Gasteiger partial charge >= 0.3 is 0 Å². The number of nitrogens with one attached hydrogen (secondary N) is 1. The highest BCUT2D eigenvalue weighted by Crippen LogP contribution is 2.35. The van der Waals surface area contributed by atoms with Gasteiger partial charge in [0.2, 0.25) is 0 Å². The van der Waals surface area contributed by atoms with Crippen LogP contribution in [-0.4, -0.2) is 45.4 Å². The molecule has 1 N–H and O–H groups in total. The first kappa shape index (κ1) is 20.2. The fourth-order valence-corrected chi connectivity index (χ4v) is 4.31. The number of hydrogen-bond acceptors (Lipinski definition) is 4. The number of piperidine rings is 1. The van der Waals surface area contributed by atoms with Crippen molar-refractivity contribution < 1.29 is 0 Å². The van der Waals surface area contributed by atoms with Crippen molar-refractivity contribution in [2.75, 3.05) is 25.5 Å². The molecular formula is C26H26N6. The van der Waals surface area contributed by atoms with E-state index < -0.39 is 0 Å². The number of imidazole rings is 1. The number of aryl methyl sites for hydroxylation is 1. The van der Waals surface area contributed by atoms with Crippen molar-refractivity contribution in [1.29, 1.82) is 0 Å². The summed E-state index contributed by atoms with van der Waals surface area (Å²) < 4.78 is 2.13. The van der Waals surface area contributed by atoms with Gasteiger partial charge in [0.25, 0.3) is 0 Å². The molecule has 3 heterocycles. The van der Waals surface area contributed by atoms with Crippen LogP contribution in [0, 0.1) is 13.5 Å². The number of anilines is 1. The molecule has 160 valence electrons. The summed E-state index contributed by atoms with van der Waals surface area (Å²) >= 11 is 0. The van der Waals surface area contributed by atoms with Gasteiger partial charge in [-0.05, 0) is 45.5 Å². The molecule has 1 aliphatic rings. The van der Waals surface area contributed by atoms with Crippen LogP contribution in [0.2, 0.25) is 0 Å². The van der Waals surface area contributed by atoms with Crippen LogP contribution in [0.25, 0.3) is 33.0 Å². The summed E-state index contributed by atoms with van der Waals surface area (Å²) in [6.07, 6.45) is 6.00. The number of likely N-dealkylation sites (tertiary alicyclic amines) is 1. The summed E-state index contributed by atoms with van der Waals surface area (Å²) in [5, 5.41) is 3.68. The van der Waals surface area contributed by atoms with Gasteiger partial charge in [-0.2, -0.15) is 0 Å². The summed E-state index contributed by atoms with van der Waals surface area (Å²) in [6.45, 7) is 11.5. The van der Waals surface area contributed by atoms with Gasteiger partial charge in [0, 0.05) is 24.0 Å². The van der Waals surface area contributed by atoms with Gasteiger partial charge in [0.05, 0.1) is 18.0 Å². The molecule has 4 aromatic rings. The second kappa shape index (κ2) is 8.45. The molecule has 0 bridgehead atoms. The number of rotatable bonds is 4. The normalized spacial score (nSPS) is 15.0. The van der Waals surface area contributed by atoms with Crippen LogP contribution >= 0.6 is 0 Å². The molecule has 6 nitrogen and oxygen atoms in total. The Balaban J connectivity index is 1.67. The lowest BCUT2D eigenvalue weighted by atomic mass is 10.0. The van der Waals surface area contributed by atoms with Crippen molar-refractivity contribution in [2.24, 2.45) is 0 Å². The topological polar surface area (TPSA) is 49.8 Å². The van der Waals surface area contributed by atoms with E-state index in [0.717, 1.165) is 59.9 Å². The molecule has 1 saturated heterocycles. The number of aromatic nitrogens is 3. The molecule has 2 aromatic carbocycles. The minimum Gasteiger partial charge on any atom is -0.364 e. The maximum absolute atomic E-state index is 7.28. The van der Waals surface area contributed by atoms with E-state index >= 15 is 0 Å². The minimum absolute atomic E-state index is 0.377. The van der Waals surface area contributed by atoms with E-state index in [1.165, 1.54) is 5.56 Å². The molecule has 0 spiro atoms. The van der Waals surface area contributed by atoms with Gasteiger partial charge in [-0.25, -0.2) is 14.8 Å². The minimum atomic E-state index is 0.377. The Hall–Kier alpha value is -3.69. The molecule has 6 heteroatoms. The smallest absolute Gasteiger partial charge is 0.187 e. The number of benzene rings is 2. The summed E-state index contributed by atoms with van der Waals surface area (Å²) in [4.78, 5) is 15.7. The van der Waals surface area contributed by atoms with Crippen LogP contribution in [0.4, 0.5) is 11.5 Å². The molecule has 0 unspecified atom stereocenters. The highest BCUT2D eigenvalue weighted by atomic mass is 15.2. The van der Waals surface area contributed by atoms with Gasteiger partial charge in [-0.15, -0.1) is 0 Å². The van der Waals surface area contributed by atoms with E-state index in [9.17, 15) is 0 Å². The average molecular weight is 423 g/mol. The Bertz CT molecular complexity index is 1270. The van der Waals surface area contributed by atoms with Gasteiger partial charge in [0.1, 0.15) is 0 Å². The van der Waals surface area contributed by atoms with Crippen molar-refractivity contribution >= 4 is 17.2 Å². The quantitative estimate of drug-likeness (QED) is 0.446. The second-order valence-electron chi connectivity index (χ2n) is 8.53.